The number of ether oxygens (including phenoxy) is 3. The van der Waals surface area contributed by atoms with Crippen molar-refractivity contribution in [3.63, 3.8) is 0 Å². The molecule has 4 atom stereocenters. The van der Waals surface area contributed by atoms with Gasteiger partial charge in [0.05, 0.1) is 6.33 Å². The molecule has 26 heavy (non-hydrogen) atoms. The molecule has 0 bridgehead atoms. The summed E-state index contributed by atoms with van der Waals surface area (Å²) in [6.07, 6.45) is -0.851. The molecule has 1 amide bonds. The van der Waals surface area contributed by atoms with Gasteiger partial charge in [0.1, 0.15) is 17.7 Å². The number of nitrogens with one attached hydrogen (secondary N) is 1. The summed E-state index contributed by atoms with van der Waals surface area (Å²) >= 11 is 1.99. The zero-order valence-electron chi connectivity index (χ0n) is 14.5. The lowest BCUT2D eigenvalue weighted by Crippen LogP contribution is -2.42. The smallest absolute Gasteiger partial charge is 0.252 e. The Balaban J connectivity index is 1.76. The predicted octanol–water partition coefficient (Wildman–Crippen LogP) is 0.567. The van der Waals surface area contributed by atoms with Crippen molar-refractivity contribution in [1.29, 1.82) is 0 Å². The minimum absolute atomic E-state index is 0.237. The minimum atomic E-state index is -0.819. The largest absolute Gasteiger partial charge is 0.382 e. The maximum absolute atomic E-state index is 12.4. The summed E-state index contributed by atoms with van der Waals surface area (Å²) in [6, 6.07) is 0. The summed E-state index contributed by atoms with van der Waals surface area (Å²) in [6.45, 7) is 5.97. The van der Waals surface area contributed by atoms with E-state index in [1.165, 1.54) is 0 Å². The van der Waals surface area contributed by atoms with E-state index >= 15 is 0 Å². The van der Waals surface area contributed by atoms with Crippen LogP contribution >= 0.6 is 22.6 Å². The quantitative estimate of drug-likeness (QED) is 0.489. The van der Waals surface area contributed by atoms with Gasteiger partial charge in [-0.05, 0) is 20.8 Å². The maximum Gasteiger partial charge on any atom is 0.252 e. The van der Waals surface area contributed by atoms with Crippen molar-refractivity contribution in [2.75, 3.05) is 12.3 Å². The SMILES string of the molecule is CCNC(=O)[C@H]1O[C@@H](n2cnc3c(N)nc(I)nc32)[C@H]2OC(C)(C)O[C@H]21. The molecule has 2 aromatic rings. The number of rotatable bonds is 3. The van der Waals surface area contributed by atoms with E-state index in [0.717, 1.165) is 0 Å². The van der Waals surface area contributed by atoms with Crippen LogP contribution in [0.2, 0.25) is 0 Å². The Kier molecular flexibility index (Phi) is 4.28. The van der Waals surface area contributed by atoms with Crippen LogP contribution in [0.15, 0.2) is 6.33 Å². The Morgan fingerprint density at radius 3 is 2.85 bits per heavy atom. The second kappa shape index (κ2) is 6.25. The molecule has 0 saturated carbocycles. The molecule has 0 unspecified atom stereocenters. The molecule has 4 heterocycles. The number of nitrogens with zero attached hydrogens (tertiary/aromatic N) is 4. The monoisotopic (exact) mass is 474 g/mol. The van der Waals surface area contributed by atoms with Crippen molar-refractivity contribution >= 4 is 45.5 Å². The second-order valence-corrected chi connectivity index (χ2v) is 7.57. The molecule has 2 aliphatic heterocycles. The number of likely N-dealkylation sites (N-methyl/N-ethyl adjacent to an activating group) is 1. The highest BCUT2D eigenvalue weighted by atomic mass is 127. The third-order valence-electron chi connectivity index (χ3n) is 4.33. The third-order valence-corrected chi connectivity index (χ3v) is 4.82. The standard InChI is InChI=1S/C15H19IN6O4/c1-4-18-12(23)8-7-9(26-15(2,3)25-7)13(24-8)22-5-19-6-10(17)20-14(16)21-11(6)22/h5,7-9,13H,4H2,1-3H3,(H,18,23)(H2,17,20,21)/t7-,8-,9-,13+/m0/s1. The van der Waals surface area contributed by atoms with Gasteiger partial charge in [0.15, 0.2) is 33.4 Å². The van der Waals surface area contributed by atoms with Gasteiger partial charge in [-0.2, -0.15) is 0 Å². The van der Waals surface area contributed by atoms with Gasteiger partial charge in [0.25, 0.3) is 5.91 Å². The third kappa shape index (κ3) is 2.82. The number of anilines is 1. The number of halogens is 1. The Labute approximate surface area is 162 Å². The number of nitrogens with two attached hydrogens (primary N) is 1. The normalized spacial score (nSPS) is 29.8. The van der Waals surface area contributed by atoms with E-state index in [0.29, 0.717) is 21.5 Å². The van der Waals surface area contributed by atoms with Crippen LogP contribution in [0.5, 0.6) is 0 Å². The zero-order valence-corrected chi connectivity index (χ0v) is 16.6. The van der Waals surface area contributed by atoms with Crippen LogP contribution in [-0.4, -0.2) is 56.1 Å². The number of hydrogen-bond acceptors (Lipinski definition) is 8. The Hall–Kier alpha value is -1.57. The summed E-state index contributed by atoms with van der Waals surface area (Å²) in [5.41, 5.74) is 6.94. The molecular weight excluding hydrogens is 455 g/mol. The van der Waals surface area contributed by atoms with E-state index in [2.05, 4.69) is 20.3 Å². The van der Waals surface area contributed by atoms with Gasteiger partial charge in [0, 0.05) is 29.1 Å². The summed E-state index contributed by atoms with van der Waals surface area (Å²) in [4.78, 5) is 25.3. The van der Waals surface area contributed by atoms with Crippen LogP contribution in [0.3, 0.4) is 0 Å². The maximum atomic E-state index is 12.4. The molecule has 0 aliphatic carbocycles. The second-order valence-electron chi connectivity index (χ2n) is 6.61. The van der Waals surface area contributed by atoms with Crippen LogP contribution in [0, 0.1) is 3.83 Å². The average Bonchev–Trinajstić information content (AvgIpc) is 3.18. The highest BCUT2D eigenvalue weighted by molar-refractivity contribution is 14.1. The van der Waals surface area contributed by atoms with Gasteiger partial charge in [0.2, 0.25) is 0 Å². The fourth-order valence-corrected chi connectivity index (χ4v) is 3.87. The highest BCUT2D eigenvalue weighted by Crippen LogP contribution is 2.43. The van der Waals surface area contributed by atoms with E-state index in [9.17, 15) is 4.79 Å². The molecule has 0 spiro atoms. The first-order valence-electron chi connectivity index (χ1n) is 8.25. The molecule has 2 fully saturated rings. The summed E-state index contributed by atoms with van der Waals surface area (Å²) < 4.78 is 20.2. The lowest BCUT2D eigenvalue weighted by Gasteiger charge is -2.24. The van der Waals surface area contributed by atoms with Crippen molar-refractivity contribution in [1.82, 2.24) is 24.8 Å². The summed E-state index contributed by atoms with van der Waals surface area (Å²) in [5.74, 6) is -0.766. The molecule has 0 aromatic carbocycles. The number of aromatic nitrogens is 4. The van der Waals surface area contributed by atoms with Crippen LogP contribution in [0.25, 0.3) is 11.2 Å². The highest BCUT2D eigenvalue weighted by Gasteiger charge is 2.58. The molecular formula is C15H19IN6O4. The number of amides is 1. The minimum Gasteiger partial charge on any atom is -0.382 e. The van der Waals surface area contributed by atoms with E-state index in [4.69, 9.17) is 19.9 Å². The number of carbonyl (C=O) groups is 1. The first-order chi connectivity index (χ1) is 12.3. The number of carbonyl (C=O) groups excluding carboxylic acids is 1. The number of hydrogen-bond donors (Lipinski definition) is 2. The van der Waals surface area contributed by atoms with Gasteiger partial charge in [-0.15, -0.1) is 0 Å². The Bertz CT molecular complexity index is 871. The molecule has 10 nitrogen and oxygen atoms in total. The van der Waals surface area contributed by atoms with Crippen LogP contribution in [0.4, 0.5) is 5.82 Å². The van der Waals surface area contributed by atoms with Crippen molar-refractivity contribution < 1.29 is 19.0 Å². The Morgan fingerprint density at radius 2 is 2.12 bits per heavy atom. The topological polar surface area (TPSA) is 126 Å². The molecule has 2 aliphatic rings. The average molecular weight is 474 g/mol. The summed E-state index contributed by atoms with van der Waals surface area (Å²) in [7, 11) is 0. The van der Waals surface area contributed by atoms with Crippen molar-refractivity contribution in [3.8, 4) is 0 Å². The predicted molar refractivity (Wildman–Crippen MR) is 98.9 cm³/mol. The molecule has 2 saturated heterocycles. The van der Waals surface area contributed by atoms with Crippen LogP contribution < -0.4 is 11.1 Å². The molecule has 11 heteroatoms. The van der Waals surface area contributed by atoms with Crippen molar-refractivity contribution in [2.24, 2.45) is 0 Å². The lowest BCUT2D eigenvalue weighted by atomic mass is 10.1. The van der Waals surface area contributed by atoms with E-state index < -0.39 is 30.3 Å². The fourth-order valence-electron chi connectivity index (χ4n) is 3.38. The Morgan fingerprint density at radius 1 is 1.38 bits per heavy atom. The lowest BCUT2D eigenvalue weighted by molar-refractivity contribution is -0.197. The van der Waals surface area contributed by atoms with E-state index in [-0.39, 0.29) is 11.7 Å². The molecule has 2 aromatic heterocycles. The molecule has 0 radical (unpaired) electrons. The number of imidazole rings is 1. The zero-order chi connectivity index (χ0) is 18.6. The van der Waals surface area contributed by atoms with Crippen molar-refractivity contribution in [3.05, 3.63) is 10.2 Å². The number of nitrogen functional groups attached to an aromatic ring is 1. The first-order valence-corrected chi connectivity index (χ1v) is 9.33. The van der Waals surface area contributed by atoms with Crippen LogP contribution in [-0.2, 0) is 19.0 Å². The molecule has 3 N–H and O–H groups in total. The first kappa shape index (κ1) is 17.8. The van der Waals surface area contributed by atoms with E-state index in [1.54, 1.807) is 10.9 Å². The van der Waals surface area contributed by atoms with Gasteiger partial charge in [-0.1, -0.05) is 0 Å². The van der Waals surface area contributed by atoms with Gasteiger partial charge < -0.3 is 25.3 Å². The van der Waals surface area contributed by atoms with Crippen LogP contribution in [0.1, 0.15) is 27.0 Å². The number of fused-ring (bicyclic) bond motifs is 2. The molecule has 140 valence electrons. The fraction of sp³-hybridized carbons (Fsp3) is 0.600. The van der Waals surface area contributed by atoms with Gasteiger partial charge in [-0.25, -0.2) is 15.0 Å². The van der Waals surface area contributed by atoms with Gasteiger partial charge >= 0.3 is 0 Å². The molecule has 4 rings (SSSR count). The summed E-state index contributed by atoms with van der Waals surface area (Å²) in [5, 5.41) is 2.78. The van der Waals surface area contributed by atoms with Crippen molar-refractivity contribution in [2.45, 2.75) is 51.1 Å². The van der Waals surface area contributed by atoms with Gasteiger partial charge in [-0.3, -0.25) is 9.36 Å². The van der Waals surface area contributed by atoms with E-state index in [1.807, 2.05) is 43.4 Å².